The molecule has 0 aromatic heterocycles. The first kappa shape index (κ1) is 23.4. The Hall–Kier alpha value is -2.86. The lowest BCUT2D eigenvalue weighted by molar-refractivity contribution is -0.138. The van der Waals surface area contributed by atoms with Gasteiger partial charge < -0.3 is 19.9 Å². The van der Waals surface area contributed by atoms with Gasteiger partial charge >= 0.3 is 0 Å². The summed E-state index contributed by atoms with van der Waals surface area (Å²) in [5.74, 6) is -0.237. The summed E-state index contributed by atoms with van der Waals surface area (Å²) in [6.45, 7) is 6.15. The molecule has 6 heteroatoms. The Kier molecular flexibility index (Phi) is 8.42. The van der Waals surface area contributed by atoms with Crippen molar-refractivity contribution < 1.29 is 14.3 Å². The van der Waals surface area contributed by atoms with Gasteiger partial charge in [-0.25, -0.2) is 0 Å². The van der Waals surface area contributed by atoms with E-state index in [0.29, 0.717) is 6.54 Å². The smallest absolute Gasteiger partial charge is 0.249 e. The second-order valence-corrected chi connectivity index (χ2v) is 7.92. The molecule has 162 valence electrons. The quantitative estimate of drug-likeness (QED) is 0.675. The Morgan fingerprint density at radius 3 is 2.27 bits per heavy atom. The van der Waals surface area contributed by atoms with Crippen LogP contribution in [0.3, 0.4) is 0 Å². The number of amides is 2. The van der Waals surface area contributed by atoms with Gasteiger partial charge in [-0.15, -0.1) is 0 Å². The van der Waals surface area contributed by atoms with Crippen molar-refractivity contribution in [1.29, 1.82) is 0 Å². The molecule has 2 aromatic carbocycles. The monoisotopic (exact) mass is 411 g/mol. The fraction of sp³-hybridized carbons (Fsp3) is 0.417. The standard InChI is InChI=1S/C24H33N3O3/c1-17(2)24(29)25-21-12-13-22(26(4)5)20(14-21)15-27(23(28)16-30-6)18(3)19-10-8-7-9-11-19/h7-14,17-18H,15-16H2,1-6H3,(H,25,29). The van der Waals surface area contributed by atoms with Gasteiger partial charge in [-0.1, -0.05) is 44.2 Å². The van der Waals surface area contributed by atoms with Gasteiger partial charge in [0.05, 0.1) is 6.04 Å². The van der Waals surface area contributed by atoms with Gasteiger partial charge in [0.15, 0.2) is 0 Å². The third-order valence-corrected chi connectivity index (χ3v) is 5.03. The molecule has 1 atom stereocenters. The predicted octanol–water partition coefficient (Wildman–Crippen LogP) is 4.08. The normalized spacial score (nSPS) is 11.8. The molecule has 2 rings (SSSR count). The molecule has 0 heterocycles. The first-order chi connectivity index (χ1) is 14.2. The van der Waals surface area contributed by atoms with E-state index in [1.807, 2.05) is 93.2 Å². The van der Waals surface area contributed by atoms with Gasteiger partial charge in [-0.05, 0) is 36.2 Å². The summed E-state index contributed by atoms with van der Waals surface area (Å²) in [7, 11) is 5.46. The van der Waals surface area contributed by atoms with E-state index in [4.69, 9.17) is 4.74 Å². The van der Waals surface area contributed by atoms with Crippen LogP contribution in [0.25, 0.3) is 0 Å². The lowest BCUT2D eigenvalue weighted by Crippen LogP contribution is -2.36. The molecule has 0 fully saturated rings. The SMILES string of the molecule is COCC(=O)N(Cc1cc(NC(=O)C(C)C)ccc1N(C)C)C(C)c1ccccc1. The molecule has 0 spiro atoms. The lowest BCUT2D eigenvalue weighted by atomic mass is 10.0. The van der Waals surface area contributed by atoms with E-state index < -0.39 is 0 Å². The first-order valence-electron chi connectivity index (χ1n) is 10.2. The molecule has 1 unspecified atom stereocenters. The summed E-state index contributed by atoms with van der Waals surface area (Å²) in [4.78, 5) is 28.9. The third kappa shape index (κ3) is 6.07. The van der Waals surface area contributed by atoms with Crippen molar-refractivity contribution in [1.82, 2.24) is 4.90 Å². The van der Waals surface area contributed by atoms with Crippen LogP contribution in [0.4, 0.5) is 11.4 Å². The number of carbonyl (C=O) groups is 2. The van der Waals surface area contributed by atoms with Crippen LogP contribution in [0.1, 0.15) is 37.9 Å². The maximum Gasteiger partial charge on any atom is 0.249 e. The highest BCUT2D eigenvalue weighted by molar-refractivity contribution is 5.92. The highest BCUT2D eigenvalue weighted by Gasteiger charge is 2.23. The Morgan fingerprint density at radius 2 is 1.70 bits per heavy atom. The number of nitrogens with one attached hydrogen (secondary N) is 1. The fourth-order valence-corrected chi connectivity index (χ4v) is 3.26. The van der Waals surface area contributed by atoms with Crippen LogP contribution in [-0.4, -0.2) is 44.5 Å². The van der Waals surface area contributed by atoms with Crippen LogP contribution in [-0.2, 0) is 20.9 Å². The van der Waals surface area contributed by atoms with E-state index in [0.717, 1.165) is 22.5 Å². The molecule has 2 aromatic rings. The average molecular weight is 412 g/mol. The van der Waals surface area contributed by atoms with E-state index >= 15 is 0 Å². The summed E-state index contributed by atoms with van der Waals surface area (Å²) >= 11 is 0. The molecule has 0 aliphatic heterocycles. The van der Waals surface area contributed by atoms with E-state index in [-0.39, 0.29) is 30.4 Å². The number of nitrogens with zero attached hydrogens (tertiary/aromatic N) is 2. The number of carbonyl (C=O) groups excluding carboxylic acids is 2. The molecule has 0 saturated heterocycles. The minimum atomic E-state index is -0.127. The summed E-state index contributed by atoms with van der Waals surface area (Å²) < 4.78 is 5.13. The molecular formula is C24H33N3O3. The second-order valence-electron chi connectivity index (χ2n) is 7.92. The van der Waals surface area contributed by atoms with Crippen molar-refractivity contribution in [3.05, 3.63) is 59.7 Å². The van der Waals surface area contributed by atoms with Crippen molar-refractivity contribution in [2.45, 2.75) is 33.4 Å². The summed E-state index contributed by atoms with van der Waals surface area (Å²) in [5, 5.41) is 2.95. The van der Waals surface area contributed by atoms with Gasteiger partial charge in [0.25, 0.3) is 0 Å². The summed E-state index contributed by atoms with van der Waals surface area (Å²) in [6.07, 6.45) is 0. The predicted molar refractivity (Wildman–Crippen MR) is 122 cm³/mol. The number of methoxy groups -OCH3 is 1. The minimum absolute atomic E-state index is 0.0122. The average Bonchev–Trinajstić information content (AvgIpc) is 2.72. The van der Waals surface area contributed by atoms with Crippen LogP contribution in [0.15, 0.2) is 48.5 Å². The number of rotatable bonds is 9. The Balaban J connectivity index is 2.41. The molecule has 6 nitrogen and oxygen atoms in total. The zero-order valence-corrected chi connectivity index (χ0v) is 18.8. The number of ether oxygens (including phenoxy) is 1. The number of hydrogen-bond donors (Lipinski definition) is 1. The van der Waals surface area contributed by atoms with E-state index in [9.17, 15) is 9.59 Å². The molecular weight excluding hydrogens is 378 g/mol. The van der Waals surface area contributed by atoms with Crippen molar-refractivity contribution in [3.8, 4) is 0 Å². The van der Waals surface area contributed by atoms with Crippen molar-refractivity contribution in [2.24, 2.45) is 5.92 Å². The molecule has 0 radical (unpaired) electrons. The molecule has 1 N–H and O–H groups in total. The molecule has 0 aliphatic rings. The highest BCUT2D eigenvalue weighted by atomic mass is 16.5. The van der Waals surface area contributed by atoms with Gasteiger partial charge in [0.1, 0.15) is 6.61 Å². The molecule has 0 saturated carbocycles. The van der Waals surface area contributed by atoms with Crippen molar-refractivity contribution in [3.63, 3.8) is 0 Å². The van der Waals surface area contributed by atoms with Crippen LogP contribution in [0, 0.1) is 5.92 Å². The number of hydrogen-bond acceptors (Lipinski definition) is 4. The van der Waals surface area contributed by atoms with Crippen LogP contribution < -0.4 is 10.2 Å². The summed E-state index contributed by atoms with van der Waals surface area (Å²) in [5.41, 5.74) is 3.72. The Bertz CT molecular complexity index is 850. The maximum absolute atomic E-state index is 12.9. The van der Waals surface area contributed by atoms with E-state index in [1.54, 1.807) is 0 Å². The molecule has 2 amide bonds. The fourth-order valence-electron chi connectivity index (χ4n) is 3.26. The van der Waals surface area contributed by atoms with E-state index in [2.05, 4.69) is 5.32 Å². The zero-order valence-electron chi connectivity index (χ0n) is 18.8. The Morgan fingerprint density at radius 1 is 1.03 bits per heavy atom. The molecule has 30 heavy (non-hydrogen) atoms. The summed E-state index contributed by atoms with van der Waals surface area (Å²) in [6, 6.07) is 15.6. The molecule has 0 aliphatic carbocycles. The first-order valence-corrected chi connectivity index (χ1v) is 10.2. The van der Waals surface area contributed by atoms with Crippen molar-refractivity contribution in [2.75, 3.05) is 38.0 Å². The van der Waals surface area contributed by atoms with Gasteiger partial charge in [-0.3, -0.25) is 9.59 Å². The van der Waals surface area contributed by atoms with Crippen LogP contribution in [0.5, 0.6) is 0 Å². The van der Waals surface area contributed by atoms with Crippen LogP contribution >= 0.6 is 0 Å². The van der Waals surface area contributed by atoms with Crippen molar-refractivity contribution >= 4 is 23.2 Å². The number of anilines is 2. The molecule has 0 bridgehead atoms. The lowest BCUT2D eigenvalue weighted by Gasteiger charge is -2.31. The topological polar surface area (TPSA) is 61.9 Å². The van der Waals surface area contributed by atoms with Gasteiger partial charge in [-0.2, -0.15) is 0 Å². The van der Waals surface area contributed by atoms with Gasteiger partial charge in [0, 0.05) is 45.0 Å². The van der Waals surface area contributed by atoms with Crippen LogP contribution in [0.2, 0.25) is 0 Å². The van der Waals surface area contributed by atoms with E-state index in [1.165, 1.54) is 7.11 Å². The van der Waals surface area contributed by atoms with Gasteiger partial charge in [0.2, 0.25) is 11.8 Å². The third-order valence-electron chi connectivity index (χ3n) is 5.03. The second kappa shape index (κ2) is 10.8. The number of benzene rings is 2. The zero-order chi connectivity index (χ0) is 22.3. The maximum atomic E-state index is 12.9. The minimum Gasteiger partial charge on any atom is -0.377 e. The largest absolute Gasteiger partial charge is 0.377 e. The Labute approximate surface area is 179 Å². The highest BCUT2D eigenvalue weighted by Crippen LogP contribution is 2.29.